The molecular formula is C12H13N5S. The summed E-state index contributed by atoms with van der Waals surface area (Å²) in [6, 6.07) is 4.22. The summed E-state index contributed by atoms with van der Waals surface area (Å²) < 4.78 is 4.05. The average molecular weight is 259 g/mol. The predicted octanol–water partition coefficient (Wildman–Crippen LogP) is 2.35. The summed E-state index contributed by atoms with van der Waals surface area (Å²) in [6.45, 7) is 2.10. The van der Waals surface area contributed by atoms with Crippen LogP contribution >= 0.6 is 11.3 Å². The van der Waals surface area contributed by atoms with Crippen LogP contribution in [0, 0.1) is 0 Å². The van der Waals surface area contributed by atoms with Crippen molar-refractivity contribution in [3.05, 3.63) is 42.1 Å². The Kier molecular flexibility index (Phi) is 2.71. The van der Waals surface area contributed by atoms with Gasteiger partial charge in [0, 0.05) is 19.4 Å². The van der Waals surface area contributed by atoms with Gasteiger partial charge >= 0.3 is 0 Å². The van der Waals surface area contributed by atoms with Crippen molar-refractivity contribution < 1.29 is 0 Å². The third kappa shape index (κ3) is 1.74. The Hall–Kier alpha value is -1.95. The Morgan fingerprint density at radius 1 is 1.39 bits per heavy atom. The van der Waals surface area contributed by atoms with Crippen LogP contribution in [0.2, 0.25) is 0 Å². The van der Waals surface area contributed by atoms with Crippen molar-refractivity contribution >= 4 is 11.3 Å². The molecule has 3 heterocycles. The second kappa shape index (κ2) is 4.38. The molecule has 0 saturated heterocycles. The molecule has 0 fully saturated rings. The van der Waals surface area contributed by atoms with Crippen molar-refractivity contribution in [3.63, 3.8) is 0 Å². The van der Waals surface area contributed by atoms with Gasteiger partial charge in [-0.05, 0) is 18.4 Å². The van der Waals surface area contributed by atoms with Crippen molar-refractivity contribution in [3.8, 4) is 10.7 Å². The molecule has 0 saturated carbocycles. The first kappa shape index (κ1) is 11.2. The first-order valence-electron chi connectivity index (χ1n) is 5.68. The number of imidazole rings is 1. The second-order valence-corrected chi connectivity index (χ2v) is 5.06. The Bertz CT molecular complexity index is 637. The maximum Gasteiger partial charge on any atom is 0.155 e. The highest BCUT2D eigenvalue weighted by Gasteiger charge is 2.17. The predicted molar refractivity (Wildman–Crippen MR) is 70.4 cm³/mol. The van der Waals surface area contributed by atoms with Gasteiger partial charge in [-0.25, -0.2) is 4.98 Å². The van der Waals surface area contributed by atoms with Crippen LogP contribution in [0.5, 0.6) is 0 Å². The highest BCUT2D eigenvalue weighted by molar-refractivity contribution is 7.13. The lowest BCUT2D eigenvalue weighted by Gasteiger charge is -2.14. The van der Waals surface area contributed by atoms with Crippen LogP contribution in [0.15, 0.2) is 36.2 Å². The van der Waals surface area contributed by atoms with Crippen LogP contribution in [-0.2, 0) is 7.05 Å². The van der Waals surface area contributed by atoms with E-state index in [1.807, 2.05) is 30.1 Å². The molecule has 0 spiro atoms. The standard InChI is InChI=1S/C12H13N5S/c1-9(11-15-14-8-16(11)2)17-6-5-13-12(17)10-4-3-7-18-10/h3-9H,1-2H3. The molecule has 0 aliphatic heterocycles. The van der Waals surface area contributed by atoms with Gasteiger partial charge in [-0.15, -0.1) is 21.5 Å². The normalized spacial score (nSPS) is 12.8. The molecule has 0 aliphatic rings. The lowest BCUT2D eigenvalue weighted by atomic mass is 10.3. The number of rotatable bonds is 3. The topological polar surface area (TPSA) is 48.5 Å². The molecule has 0 N–H and O–H groups in total. The Morgan fingerprint density at radius 3 is 2.94 bits per heavy atom. The van der Waals surface area contributed by atoms with Gasteiger partial charge in [0.15, 0.2) is 11.6 Å². The molecule has 5 nitrogen and oxygen atoms in total. The van der Waals surface area contributed by atoms with Crippen molar-refractivity contribution in [2.24, 2.45) is 7.05 Å². The Balaban J connectivity index is 2.04. The average Bonchev–Trinajstić information content (AvgIpc) is 3.09. The maximum atomic E-state index is 4.44. The molecule has 3 aromatic rings. The summed E-state index contributed by atoms with van der Waals surface area (Å²) in [4.78, 5) is 5.60. The van der Waals surface area contributed by atoms with E-state index in [9.17, 15) is 0 Å². The van der Waals surface area contributed by atoms with Gasteiger partial charge in [0.2, 0.25) is 0 Å². The summed E-state index contributed by atoms with van der Waals surface area (Å²) in [5.74, 6) is 1.89. The molecule has 1 atom stereocenters. The molecule has 6 heteroatoms. The number of nitrogens with zero attached hydrogens (tertiary/aromatic N) is 5. The van der Waals surface area contributed by atoms with E-state index in [0.29, 0.717) is 0 Å². The van der Waals surface area contributed by atoms with E-state index in [1.54, 1.807) is 17.7 Å². The zero-order valence-electron chi connectivity index (χ0n) is 10.2. The summed E-state index contributed by atoms with van der Waals surface area (Å²) >= 11 is 1.69. The fourth-order valence-corrected chi connectivity index (χ4v) is 2.74. The van der Waals surface area contributed by atoms with Gasteiger partial charge in [-0.3, -0.25) is 0 Å². The van der Waals surface area contributed by atoms with E-state index in [4.69, 9.17) is 0 Å². The van der Waals surface area contributed by atoms with Crippen LogP contribution in [-0.4, -0.2) is 24.3 Å². The number of hydrogen-bond donors (Lipinski definition) is 0. The molecule has 3 aromatic heterocycles. The summed E-state index contributed by atoms with van der Waals surface area (Å²) in [5, 5.41) is 10.1. The van der Waals surface area contributed by atoms with E-state index in [2.05, 4.69) is 38.1 Å². The van der Waals surface area contributed by atoms with Crippen molar-refractivity contribution in [2.45, 2.75) is 13.0 Å². The SMILES string of the molecule is CC(c1nncn1C)n1ccnc1-c1cccs1. The van der Waals surface area contributed by atoms with E-state index in [1.165, 1.54) is 0 Å². The quantitative estimate of drug-likeness (QED) is 0.725. The minimum atomic E-state index is 0.108. The fraction of sp³-hybridized carbons (Fsp3) is 0.250. The largest absolute Gasteiger partial charge is 0.320 e. The first-order chi connectivity index (χ1) is 8.77. The minimum Gasteiger partial charge on any atom is -0.320 e. The van der Waals surface area contributed by atoms with Gasteiger partial charge in [0.25, 0.3) is 0 Å². The number of aryl methyl sites for hydroxylation is 1. The van der Waals surface area contributed by atoms with E-state index in [0.717, 1.165) is 16.5 Å². The highest BCUT2D eigenvalue weighted by Crippen LogP contribution is 2.27. The third-order valence-electron chi connectivity index (χ3n) is 2.95. The third-order valence-corrected chi connectivity index (χ3v) is 3.81. The number of thiophene rings is 1. The van der Waals surface area contributed by atoms with Crippen LogP contribution in [0.3, 0.4) is 0 Å². The maximum absolute atomic E-state index is 4.44. The summed E-state index contributed by atoms with van der Waals surface area (Å²) in [6.07, 6.45) is 5.52. The Labute approximate surface area is 109 Å². The smallest absolute Gasteiger partial charge is 0.155 e. The second-order valence-electron chi connectivity index (χ2n) is 4.11. The molecular weight excluding hydrogens is 246 g/mol. The molecule has 92 valence electrons. The van der Waals surface area contributed by atoms with E-state index < -0.39 is 0 Å². The van der Waals surface area contributed by atoms with Gasteiger partial charge in [-0.1, -0.05) is 6.07 Å². The monoisotopic (exact) mass is 259 g/mol. The lowest BCUT2D eigenvalue weighted by Crippen LogP contribution is -2.12. The zero-order valence-corrected chi connectivity index (χ0v) is 11.0. The van der Waals surface area contributed by atoms with Gasteiger partial charge in [0.1, 0.15) is 6.33 Å². The van der Waals surface area contributed by atoms with Crippen molar-refractivity contribution in [1.29, 1.82) is 0 Å². The van der Waals surface area contributed by atoms with Crippen LogP contribution in [0.25, 0.3) is 10.7 Å². The molecule has 3 rings (SSSR count). The number of hydrogen-bond acceptors (Lipinski definition) is 4. The molecule has 0 aromatic carbocycles. The molecule has 0 bridgehead atoms. The highest BCUT2D eigenvalue weighted by atomic mass is 32.1. The Morgan fingerprint density at radius 2 is 2.28 bits per heavy atom. The van der Waals surface area contributed by atoms with Crippen LogP contribution < -0.4 is 0 Å². The summed E-state index contributed by atoms with van der Waals surface area (Å²) in [7, 11) is 1.95. The van der Waals surface area contributed by atoms with Gasteiger partial charge < -0.3 is 9.13 Å². The molecule has 1 unspecified atom stereocenters. The van der Waals surface area contributed by atoms with E-state index >= 15 is 0 Å². The number of aromatic nitrogens is 5. The summed E-state index contributed by atoms with van der Waals surface area (Å²) in [5.41, 5.74) is 0. The first-order valence-corrected chi connectivity index (χ1v) is 6.56. The molecule has 0 radical (unpaired) electrons. The van der Waals surface area contributed by atoms with Crippen LogP contribution in [0.1, 0.15) is 18.8 Å². The minimum absolute atomic E-state index is 0.108. The lowest BCUT2D eigenvalue weighted by molar-refractivity contribution is 0.579. The van der Waals surface area contributed by atoms with Gasteiger partial charge in [0.05, 0.1) is 10.9 Å². The fourth-order valence-electron chi connectivity index (χ4n) is 2.02. The molecule has 0 aliphatic carbocycles. The van der Waals surface area contributed by atoms with Crippen LogP contribution in [0.4, 0.5) is 0 Å². The molecule has 0 amide bonds. The molecule has 18 heavy (non-hydrogen) atoms. The van der Waals surface area contributed by atoms with E-state index in [-0.39, 0.29) is 6.04 Å². The van der Waals surface area contributed by atoms with Crippen molar-refractivity contribution in [2.75, 3.05) is 0 Å². The zero-order chi connectivity index (χ0) is 12.5. The van der Waals surface area contributed by atoms with Gasteiger partial charge in [-0.2, -0.15) is 0 Å². The van der Waals surface area contributed by atoms with Crippen molar-refractivity contribution in [1.82, 2.24) is 24.3 Å².